The second-order valence-electron chi connectivity index (χ2n) is 7.68. The van der Waals surface area contributed by atoms with Crippen molar-refractivity contribution in [2.24, 2.45) is 0 Å². The Bertz CT molecular complexity index is 648. The van der Waals surface area contributed by atoms with Gasteiger partial charge in [0.2, 0.25) is 11.8 Å². The topological polar surface area (TPSA) is 52.7 Å². The quantitative estimate of drug-likeness (QED) is 0.895. The van der Waals surface area contributed by atoms with Crippen LogP contribution in [0.1, 0.15) is 52.9 Å². The SMILES string of the molecule is C[C@@H](C(=O)N1c2ccccc2NC(=O)C1(C)C)N1CCCCCCC1. The van der Waals surface area contributed by atoms with Gasteiger partial charge < -0.3 is 5.32 Å². The molecule has 1 N–H and O–H groups in total. The first-order valence-electron chi connectivity index (χ1n) is 9.41. The van der Waals surface area contributed by atoms with Crippen LogP contribution in [-0.2, 0) is 9.59 Å². The van der Waals surface area contributed by atoms with Gasteiger partial charge in [0.1, 0.15) is 5.54 Å². The van der Waals surface area contributed by atoms with Gasteiger partial charge in [-0.1, -0.05) is 31.4 Å². The number of nitrogens with one attached hydrogen (secondary N) is 1. The van der Waals surface area contributed by atoms with E-state index in [4.69, 9.17) is 0 Å². The van der Waals surface area contributed by atoms with E-state index in [1.165, 1.54) is 19.3 Å². The number of carbonyl (C=O) groups is 2. The van der Waals surface area contributed by atoms with Crippen LogP contribution in [-0.4, -0.2) is 41.4 Å². The van der Waals surface area contributed by atoms with Gasteiger partial charge in [-0.15, -0.1) is 0 Å². The van der Waals surface area contributed by atoms with Crippen molar-refractivity contribution in [1.29, 1.82) is 0 Å². The number of anilines is 2. The molecule has 2 amide bonds. The summed E-state index contributed by atoms with van der Waals surface area (Å²) in [4.78, 5) is 30.0. The first-order chi connectivity index (χ1) is 11.9. The number of para-hydroxylation sites is 2. The lowest BCUT2D eigenvalue weighted by atomic mass is 9.95. The highest BCUT2D eigenvalue weighted by atomic mass is 16.2. The van der Waals surface area contributed by atoms with E-state index in [0.29, 0.717) is 5.69 Å². The van der Waals surface area contributed by atoms with E-state index in [9.17, 15) is 9.59 Å². The van der Waals surface area contributed by atoms with Crippen LogP contribution in [0.4, 0.5) is 11.4 Å². The smallest absolute Gasteiger partial charge is 0.250 e. The summed E-state index contributed by atoms with van der Waals surface area (Å²) in [5.74, 6) is -0.132. The van der Waals surface area contributed by atoms with Crippen molar-refractivity contribution in [1.82, 2.24) is 4.90 Å². The van der Waals surface area contributed by atoms with Gasteiger partial charge in [-0.3, -0.25) is 19.4 Å². The van der Waals surface area contributed by atoms with Crippen molar-refractivity contribution in [3.05, 3.63) is 24.3 Å². The first kappa shape index (κ1) is 17.9. The van der Waals surface area contributed by atoms with Crippen LogP contribution in [0, 0.1) is 0 Å². The normalized spacial score (nSPS) is 22.4. The predicted molar refractivity (Wildman–Crippen MR) is 101 cm³/mol. The highest BCUT2D eigenvalue weighted by Gasteiger charge is 2.45. The third kappa shape index (κ3) is 3.43. The number of hydrogen-bond donors (Lipinski definition) is 1. The van der Waals surface area contributed by atoms with Crippen molar-refractivity contribution in [3.63, 3.8) is 0 Å². The van der Waals surface area contributed by atoms with Gasteiger partial charge in [0.05, 0.1) is 17.4 Å². The molecule has 0 aromatic heterocycles. The molecule has 0 unspecified atom stereocenters. The summed E-state index contributed by atoms with van der Waals surface area (Å²) in [7, 11) is 0. The molecular formula is C20H29N3O2. The minimum atomic E-state index is -0.900. The molecule has 136 valence electrons. The molecule has 3 rings (SSSR count). The molecule has 25 heavy (non-hydrogen) atoms. The van der Waals surface area contributed by atoms with Crippen LogP contribution in [0.25, 0.3) is 0 Å². The highest BCUT2D eigenvalue weighted by molar-refractivity contribution is 6.15. The Hall–Kier alpha value is -1.88. The fraction of sp³-hybridized carbons (Fsp3) is 0.600. The lowest BCUT2D eigenvalue weighted by Gasteiger charge is -2.44. The maximum atomic E-state index is 13.4. The molecule has 1 fully saturated rings. The highest BCUT2D eigenvalue weighted by Crippen LogP contribution is 2.37. The average Bonchev–Trinajstić information content (AvgIpc) is 2.54. The minimum absolute atomic E-state index is 0.00729. The van der Waals surface area contributed by atoms with Crippen LogP contribution in [0.15, 0.2) is 24.3 Å². The number of likely N-dealkylation sites (tertiary alicyclic amines) is 1. The molecule has 0 radical (unpaired) electrons. The zero-order valence-electron chi connectivity index (χ0n) is 15.5. The Morgan fingerprint density at radius 2 is 1.68 bits per heavy atom. The predicted octanol–water partition coefficient (Wildman–Crippen LogP) is 3.40. The standard InChI is InChI=1S/C20H29N3O2/c1-15(22-13-9-5-4-6-10-14-22)18(24)23-17-12-8-7-11-16(17)21-19(25)20(23,2)3/h7-8,11-12,15H,4-6,9-10,13-14H2,1-3H3,(H,21,25)/t15-/m0/s1. The molecule has 1 aromatic rings. The van der Waals surface area contributed by atoms with Crippen molar-refractivity contribution >= 4 is 23.2 Å². The lowest BCUT2D eigenvalue weighted by Crippen LogP contribution is -2.62. The summed E-state index contributed by atoms with van der Waals surface area (Å²) >= 11 is 0. The molecule has 0 saturated carbocycles. The number of fused-ring (bicyclic) bond motifs is 1. The van der Waals surface area contributed by atoms with Crippen LogP contribution < -0.4 is 10.2 Å². The Balaban J connectivity index is 1.89. The van der Waals surface area contributed by atoms with Crippen LogP contribution in [0.5, 0.6) is 0 Å². The molecule has 2 heterocycles. The third-order valence-electron chi connectivity index (χ3n) is 5.52. The van der Waals surface area contributed by atoms with E-state index < -0.39 is 5.54 Å². The Morgan fingerprint density at radius 3 is 2.36 bits per heavy atom. The Labute approximate surface area is 150 Å². The molecule has 2 aliphatic rings. The van der Waals surface area contributed by atoms with Crippen molar-refractivity contribution in [2.75, 3.05) is 23.3 Å². The van der Waals surface area contributed by atoms with E-state index in [1.807, 2.05) is 45.0 Å². The number of benzene rings is 1. The summed E-state index contributed by atoms with van der Waals surface area (Å²) in [6.45, 7) is 7.52. The van der Waals surface area contributed by atoms with Gasteiger partial charge in [-0.05, 0) is 58.8 Å². The van der Waals surface area contributed by atoms with Crippen molar-refractivity contribution in [2.45, 2.75) is 64.5 Å². The van der Waals surface area contributed by atoms with Crippen LogP contribution in [0.3, 0.4) is 0 Å². The molecule has 0 aliphatic carbocycles. The van der Waals surface area contributed by atoms with E-state index in [-0.39, 0.29) is 17.9 Å². The maximum Gasteiger partial charge on any atom is 0.250 e. The zero-order chi connectivity index (χ0) is 18.0. The lowest BCUT2D eigenvalue weighted by molar-refractivity contribution is -0.129. The average molecular weight is 343 g/mol. The minimum Gasteiger partial charge on any atom is -0.322 e. The number of hydrogen-bond acceptors (Lipinski definition) is 3. The molecule has 1 atom stereocenters. The first-order valence-corrected chi connectivity index (χ1v) is 9.41. The van der Waals surface area contributed by atoms with Gasteiger partial charge in [-0.25, -0.2) is 0 Å². The van der Waals surface area contributed by atoms with E-state index >= 15 is 0 Å². The van der Waals surface area contributed by atoms with Gasteiger partial charge in [-0.2, -0.15) is 0 Å². The molecule has 0 bridgehead atoms. The molecule has 0 spiro atoms. The largest absolute Gasteiger partial charge is 0.322 e. The fourth-order valence-corrected chi connectivity index (χ4v) is 3.85. The van der Waals surface area contributed by atoms with E-state index in [1.54, 1.807) is 4.90 Å². The summed E-state index contributed by atoms with van der Waals surface area (Å²) in [5.41, 5.74) is 0.596. The van der Waals surface area contributed by atoms with Crippen LogP contribution in [0.2, 0.25) is 0 Å². The van der Waals surface area contributed by atoms with Crippen molar-refractivity contribution in [3.8, 4) is 0 Å². The summed E-state index contributed by atoms with van der Waals surface area (Å²) in [5, 5.41) is 2.93. The maximum absolute atomic E-state index is 13.4. The Kier molecular flexibility index (Phi) is 5.13. The van der Waals surface area contributed by atoms with E-state index in [0.717, 1.165) is 31.6 Å². The molecular weight excluding hydrogens is 314 g/mol. The summed E-state index contributed by atoms with van der Waals surface area (Å²) < 4.78 is 0. The molecule has 1 saturated heterocycles. The van der Waals surface area contributed by atoms with Gasteiger partial charge in [0.25, 0.3) is 0 Å². The van der Waals surface area contributed by atoms with Gasteiger partial charge >= 0.3 is 0 Å². The molecule has 5 heteroatoms. The second kappa shape index (κ2) is 7.16. The summed E-state index contributed by atoms with van der Waals surface area (Å²) in [6.07, 6.45) is 6.04. The fourth-order valence-electron chi connectivity index (χ4n) is 3.85. The van der Waals surface area contributed by atoms with Crippen LogP contribution >= 0.6 is 0 Å². The Morgan fingerprint density at radius 1 is 1.08 bits per heavy atom. The third-order valence-corrected chi connectivity index (χ3v) is 5.52. The number of nitrogens with zero attached hydrogens (tertiary/aromatic N) is 2. The van der Waals surface area contributed by atoms with Gasteiger partial charge in [0.15, 0.2) is 0 Å². The number of rotatable bonds is 2. The number of amides is 2. The molecule has 1 aromatic carbocycles. The molecule has 5 nitrogen and oxygen atoms in total. The zero-order valence-corrected chi connectivity index (χ0v) is 15.5. The second-order valence-corrected chi connectivity index (χ2v) is 7.68. The van der Waals surface area contributed by atoms with Crippen molar-refractivity contribution < 1.29 is 9.59 Å². The number of carbonyl (C=O) groups excluding carboxylic acids is 2. The van der Waals surface area contributed by atoms with E-state index in [2.05, 4.69) is 10.2 Å². The molecule has 2 aliphatic heterocycles. The van der Waals surface area contributed by atoms with Gasteiger partial charge in [0, 0.05) is 0 Å². The summed E-state index contributed by atoms with van der Waals surface area (Å²) in [6, 6.07) is 7.32. The monoisotopic (exact) mass is 343 g/mol.